The lowest BCUT2D eigenvalue weighted by molar-refractivity contribution is 0.118. The number of aliphatic hydroxyl groups excluding tert-OH is 1. The van der Waals surface area contributed by atoms with Gasteiger partial charge in [-0.2, -0.15) is 0 Å². The van der Waals surface area contributed by atoms with E-state index in [4.69, 9.17) is 0 Å². The molecular formula is C11H15BrOS. The lowest BCUT2D eigenvalue weighted by atomic mass is 9.81. The van der Waals surface area contributed by atoms with Crippen molar-refractivity contribution in [3.63, 3.8) is 0 Å². The second-order valence-corrected chi connectivity index (χ2v) is 6.64. The van der Waals surface area contributed by atoms with Crippen LogP contribution in [0, 0.1) is 5.92 Å². The maximum absolute atomic E-state index is 9.84. The lowest BCUT2D eigenvalue weighted by Crippen LogP contribution is -2.20. The zero-order valence-electron chi connectivity index (χ0n) is 8.08. The molecule has 14 heavy (non-hydrogen) atoms. The molecule has 0 bridgehead atoms. The van der Waals surface area contributed by atoms with Gasteiger partial charge in [0.2, 0.25) is 0 Å². The first-order valence-corrected chi connectivity index (χ1v) is 6.77. The fourth-order valence-electron chi connectivity index (χ4n) is 1.89. The molecule has 1 N–H and O–H groups in total. The second-order valence-electron chi connectivity index (χ2n) is 4.10. The molecular weight excluding hydrogens is 260 g/mol. The number of halogens is 1. The van der Waals surface area contributed by atoms with Crippen LogP contribution in [-0.2, 0) is 6.42 Å². The van der Waals surface area contributed by atoms with E-state index < -0.39 is 0 Å². The monoisotopic (exact) mass is 274 g/mol. The zero-order valence-corrected chi connectivity index (χ0v) is 10.5. The first-order chi connectivity index (χ1) is 6.74. The van der Waals surface area contributed by atoms with E-state index in [1.807, 2.05) is 0 Å². The first-order valence-electron chi connectivity index (χ1n) is 5.16. The Morgan fingerprint density at radius 1 is 1.50 bits per heavy atom. The van der Waals surface area contributed by atoms with Gasteiger partial charge in [0.1, 0.15) is 0 Å². The van der Waals surface area contributed by atoms with Crippen molar-refractivity contribution < 1.29 is 5.11 Å². The Labute approximate surface area is 97.3 Å². The topological polar surface area (TPSA) is 20.2 Å². The van der Waals surface area contributed by atoms with Gasteiger partial charge >= 0.3 is 0 Å². The lowest BCUT2D eigenvalue weighted by Gasteiger charge is -2.27. The van der Waals surface area contributed by atoms with Crippen molar-refractivity contribution in [2.75, 3.05) is 0 Å². The predicted octanol–water partition coefficient (Wildman–Crippen LogP) is 3.60. The molecule has 1 fully saturated rings. The molecule has 0 aromatic carbocycles. The largest absolute Gasteiger partial charge is 0.393 e. The molecule has 1 aliphatic carbocycles. The van der Waals surface area contributed by atoms with Crippen molar-refractivity contribution in [2.24, 2.45) is 5.92 Å². The van der Waals surface area contributed by atoms with E-state index >= 15 is 0 Å². The van der Waals surface area contributed by atoms with E-state index in [0.717, 1.165) is 22.5 Å². The van der Waals surface area contributed by atoms with Crippen molar-refractivity contribution in [2.45, 2.75) is 38.2 Å². The fourth-order valence-corrected chi connectivity index (χ4v) is 3.44. The SMILES string of the molecule is OC(Cc1ccc(Br)s1)CC1CCC1. The molecule has 1 saturated carbocycles. The third-order valence-corrected chi connectivity index (χ3v) is 4.54. The second kappa shape index (κ2) is 4.77. The number of rotatable bonds is 4. The van der Waals surface area contributed by atoms with Crippen LogP contribution >= 0.6 is 27.3 Å². The summed E-state index contributed by atoms with van der Waals surface area (Å²) in [6.45, 7) is 0. The quantitative estimate of drug-likeness (QED) is 0.890. The molecule has 1 unspecified atom stereocenters. The number of aliphatic hydroxyl groups is 1. The molecule has 1 atom stereocenters. The molecule has 1 aromatic rings. The molecule has 0 amide bonds. The molecule has 0 spiro atoms. The Balaban J connectivity index is 1.78. The minimum Gasteiger partial charge on any atom is -0.393 e. The highest BCUT2D eigenvalue weighted by Crippen LogP contribution is 2.32. The summed E-state index contributed by atoms with van der Waals surface area (Å²) < 4.78 is 1.16. The van der Waals surface area contributed by atoms with E-state index in [0.29, 0.717) is 0 Å². The van der Waals surface area contributed by atoms with Crippen molar-refractivity contribution in [3.05, 3.63) is 20.8 Å². The van der Waals surface area contributed by atoms with Gasteiger partial charge in [-0.1, -0.05) is 19.3 Å². The summed E-state index contributed by atoms with van der Waals surface area (Å²) in [4.78, 5) is 1.28. The number of hydrogen-bond acceptors (Lipinski definition) is 2. The zero-order chi connectivity index (χ0) is 9.97. The van der Waals surface area contributed by atoms with E-state index in [2.05, 4.69) is 28.1 Å². The molecule has 0 radical (unpaired) electrons. The molecule has 1 nitrogen and oxygen atoms in total. The maximum atomic E-state index is 9.84. The van der Waals surface area contributed by atoms with Crippen LogP contribution in [0.3, 0.4) is 0 Å². The summed E-state index contributed by atoms with van der Waals surface area (Å²) in [5.41, 5.74) is 0. The van der Waals surface area contributed by atoms with Crippen molar-refractivity contribution >= 4 is 27.3 Å². The standard InChI is InChI=1S/C11H15BrOS/c12-11-5-4-10(14-11)7-9(13)6-8-2-1-3-8/h4-5,8-9,13H,1-3,6-7H2. The summed E-state index contributed by atoms with van der Waals surface area (Å²) in [7, 11) is 0. The summed E-state index contributed by atoms with van der Waals surface area (Å²) in [5.74, 6) is 0.799. The molecule has 1 aromatic heterocycles. The Morgan fingerprint density at radius 3 is 2.79 bits per heavy atom. The van der Waals surface area contributed by atoms with Crippen LogP contribution in [0.15, 0.2) is 15.9 Å². The summed E-state index contributed by atoms with van der Waals surface area (Å²) in [5, 5.41) is 9.84. The van der Waals surface area contributed by atoms with E-state index in [1.165, 1.54) is 24.1 Å². The third kappa shape index (κ3) is 2.81. The van der Waals surface area contributed by atoms with Gasteiger partial charge in [-0.05, 0) is 40.4 Å². The van der Waals surface area contributed by atoms with Crippen molar-refractivity contribution in [3.8, 4) is 0 Å². The highest BCUT2D eigenvalue weighted by atomic mass is 79.9. The van der Waals surface area contributed by atoms with Crippen LogP contribution in [0.25, 0.3) is 0 Å². The van der Waals surface area contributed by atoms with Crippen LogP contribution in [0.2, 0.25) is 0 Å². The van der Waals surface area contributed by atoms with Gasteiger partial charge in [0.05, 0.1) is 9.89 Å². The predicted molar refractivity (Wildman–Crippen MR) is 63.7 cm³/mol. The maximum Gasteiger partial charge on any atom is 0.0701 e. The van der Waals surface area contributed by atoms with Crippen LogP contribution in [0.5, 0.6) is 0 Å². The highest BCUT2D eigenvalue weighted by molar-refractivity contribution is 9.11. The first kappa shape index (κ1) is 10.7. The van der Waals surface area contributed by atoms with Gasteiger partial charge < -0.3 is 5.11 Å². The van der Waals surface area contributed by atoms with Gasteiger partial charge in [-0.3, -0.25) is 0 Å². The average Bonchev–Trinajstić information content (AvgIpc) is 2.44. The summed E-state index contributed by atoms with van der Waals surface area (Å²) in [6.07, 6.45) is 5.70. The van der Waals surface area contributed by atoms with Crippen LogP contribution in [-0.4, -0.2) is 11.2 Å². The number of hydrogen-bond donors (Lipinski definition) is 1. The third-order valence-electron chi connectivity index (χ3n) is 2.90. The van der Waals surface area contributed by atoms with E-state index in [-0.39, 0.29) is 6.10 Å². The Morgan fingerprint density at radius 2 is 2.29 bits per heavy atom. The Bertz CT molecular complexity index is 293. The average molecular weight is 275 g/mol. The Hall–Kier alpha value is 0.140. The van der Waals surface area contributed by atoms with Gasteiger partial charge in [-0.25, -0.2) is 0 Å². The molecule has 0 saturated heterocycles. The summed E-state index contributed by atoms with van der Waals surface area (Å²) >= 11 is 5.16. The highest BCUT2D eigenvalue weighted by Gasteiger charge is 2.21. The van der Waals surface area contributed by atoms with Gasteiger partial charge in [0, 0.05) is 11.3 Å². The van der Waals surface area contributed by atoms with E-state index in [9.17, 15) is 5.11 Å². The smallest absolute Gasteiger partial charge is 0.0701 e. The Kier molecular flexibility index (Phi) is 3.63. The number of thiophene rings is 1. The minimum atomic E-state index is -0.133. The fraction of sp³-hybridized carbons (Fsp3) is 0.636. The molecule has 1 aliphatic rings. The molecule has 2 rings (SSSR count). The van der Waals surface area contributed by atoms with Crippen LogP contribution < -0.4 is 0 Å². The molecule has 3 heteroatoms. The van der Waals surface area contributed by atoms with Crippen molar-refractivity contribution in [1.82, 2.24) is 0 Å². The summed E-state index contributed by atoms with van der Waals surface area (Å²) in [6, 6.07) is 4.15. The van der Waals surface area contributed by atoms with Gasteiger partial charge in [0.25, 0.3) is 0 Å². The molecule has 1 heterocycles. The van der Waals surface area contributed by atoms with Gasteiger partial charge in [-0.15, -0.1) is 11.3 Å². The van der Waals surface area contributed by atoms with Crippen LogP contribution in [0.1, 0.15) is 30.6 Å². The molecule has 0 aliphatic heterocycles. The van der Waals surface area contributed by atoms with E-state index in [1.54, 1.807) is 11.3 Å². The minimum absolute atomic E-state index is 0.133. The van der Waals surface area contributed by atoms with Crippen LogP contribution in [0.4, 0.5) is 0 Å². The van der Waals surface area contributed by atoms with Crippen molar-refractivity contribution in [1.29, 1.82) is 0 Å². The normalized spacial score (nSPS) is 19.3. The van der Waals surface area contributed by atoms with Gasteiger partial charge in [0.15, 0.2) is 0 Å². The molecule has 78 valence electrons.